The van der Waals surface area contributed by atoms with Gasteiger partial charge in [-0.2, -0.15) is 0 Å². The molecule has 0 bridgehead atoms. The number of allylic oxidation sites excluding steroid dienone is 1. The molecule has 2 nitrogen and oxygen atoms in total. The van der Waals surface area contributed by atoms with Gasteiger partial charge < -0.3 is 9.53 Å². The van der Waals surface area contributed by atoms with Crippen LogP contribution >= 0.6 is 0 Å². The first kappa shape index (κ1) is 15.2. The van der Waals surface area contributed by atoms with Gasteiger partial charge in [-0.05, 0) is 25.6 Å². The summed E-state index contributed by atoms with van der Waals surface area (Å²) in [5.41, 5.74) is 0. The van der Waals surface area contributed by atoms with Gasteiger partial charge in [-0.1, -0.05) is 26.3 Å². The van der Waals surface area contributed by atoms with E-state index in [0.29, 0.717) is 0 Å². The standard InChI is InChI=1S/C6H16OSi.C4H8O/c1-5-6-8(3,4)7-2;1-2-3-4-5/h5-6H2,1-4H3;3-5H,2H2,1H3. The second-order valence-corrected chi connectivity index (χ2v) is 7.93. The molecule has 0 heterocycles. The summed E-state index contributed by atoms with van der Waals surface area (Å²) in [5, 5.41) is 7.89. The average molecular weight is 204 g/mol. The van der Waals surface area contributed by atoms with Crippen molar-refractivity contribution in [1.29, 1.82) is 0 Å². The van der Waals surface area contributed by atoms with Crippen LogP contribution in [0.3, 0.4) is 0 Å². The van der Waals surface area contributed by atoms with Crippen LogP contribution < -0.4 is 0 Å². The van der Waals surface area contributed by atoms with Gasteiger partial charge in [0.25, 0.3) is 0 Å². The molecule has 0 amide bonds. The van der Waals surface area contributed by atoms with E-state index in [9.17, 15) is 0 Å². The molecule has 1 N–H and O–H groups in total. The fourth-order valence-electron chi connectivity index (χ4n) is 0.810. The van der Waals surface area contributed by atoms with Gasteiger partial charge in [-0.15, -0.1) is 0 Å². The van der Waals surface area contributed by atoms with Crippen LogP contribution in [0, 0.1) is 0 Å². The number of aliphatic hydroxyl groups excluding tert-OH is 1. The summed E-state index contributed by atoms with van der Waals surface area (Å²) in [6.45, 7) is 8.66. The molecule has 0 atom stereocenters. The molecule has 80 valence electrons. The molecule has 0 aromatic heterocycles. The highest BCUT2D eigenvalue weighted by Crippen LogP contribution is 2.10. The topological polar surface area (TPSA) is 29.5 Å². The van der Waals surface area contributed by atoms with E-state index in [0.717, 1.165) is 12.7 Å². The fourth-order valence-corrected chi connectivity index (χ4v) is 2.22. The van der Waals surface area contributed by atoms with E-state index in [4.69, 9.17) is 9.53 Å². The number of rotatable bonds is 4. The van der Waals surface area contributed by atoms with Crippen LogP contribution in [0.5, 0.6) is 0 Å². The van der Waals surface area contributed by atoms with Crippen LogP contribution in [-0.2, 0) is 4.43 Å². The minimum absolute atomic E-state index is 0.913. The Hall–Kier alpha value is -0.283. The van der Waals surface area contributed by atoms with Crippen LogP contribution in [0.2, 0.25) is 19.1 Å². The molecule has 3 heteroatoms. The Bertz CT molecular complexity index is 122. The Morgan fingerprint density at radius 3 is 1.92 bits per heavy atom. The molecule has 0 aromatic rings. The zero-order valence-corrected chi connectivity index (χ0v) is 10.6. The van der Waals surface area contributed by atoms with E-state index < -0.39 is 8.32 Å². The molecule has 0 aromatic carbocycles. The van der Waals surface area contributed by atoms with Gasteiger partial charge >= 0.3 is 0 Å². The second kappa shape index (κ2) is 9.80. The molecule has 0 fully saturated rings. The normalized spacial score (nSPS) is 11.2. The average Bonchev–Trinajstić information content (AvgIpc) is 2.07. The van der Waals surface area contributed by atoms with Crippen molar-refractivity contribution < 1.29 is 9.53 Å². The van der Waals surface area contributed by atoms with Gasteiger partial charge in [0.1, 0.15) is 0 Å². The van der Waals surface area contributed by atoms with Gasteiger partial charge in [0.2, 0.25) is 0 Å². The number of hydrogen-bond donors (Lipinski definition) is 1. The van der Waals surface area contributed by atoms with E-state index in [2.05, 4.69) is 20.0 Å². The molecular formula is C10H24O2Si. The third-order valence-corrected chi connectivity index (χ3v) is 4.56. The largest absolute Gasteiger partial charge is 0.516 e. The molecule has 0 saturated carbocycles. The van der Waals surface area contributed by atoms with Crippen molar-refractivity contribution >= 4 is 8.32 Å². The Kier molecular flexibility index (Phi) is 11.5. The van der Waals surface area contributed by atoms with Crippen molar-refractivity contribution in [3.63, 3.8) is 0 Å². The highest BCUT2D eigenvalue weighted by atomic mass is 28.4. The molecule has 0 aliphatic heterocycles. The minimum atomic E-state index is -1.18. The van der Waals surface area contributed by atoms with Crippen molar-refractivity contribution in [2.45, 2.75) is 45.8 Å². The Labute approximate surface area is 83.8 Å². The van der Waals surface area contributed by atoms with Gasteiger partial charge in [-0.3, -0.25) is 0 Å². The first-order valence-electron chi connectivity index (χ1n) is 4.88. The monoisotopic (exact) mass is 204 g/mol. The molecule has 0 unspecified atom stereocenters. The van der Waals surface area contributed by atoms with Crippen molar-refractivity contribution in [2.24, 2.45) is 0 Å². The minimum Gasteiger partial charge on any atom is -0.516 e. The number of aliphatic hydroxyl groups is 1. The van der Waals surface area contributed by atoms with Crippen LogP contribution in [0.25, 0.3) is 0 Å². The summed E-state index contributed by atoms with van der Waals surface area (Å²) in [4.78, 5) is 0. The van der Waals surface area contributed by atoms with Gasteiger partial charge in [0, 0.05) is 7.11 Å². The summed E-state index contributed by atoms with van der Waals surface area (Å²) in [6.07, 6.45) is 4.91. The SMILES string of the molecule is CCC=CO.CCC[Si](C)(C)OC. The lowest BCUT2D eigenvalue weighted by Gasteiger charge is -2.17. The van der Waals surface area contributed by atoms with E-state index in [-0.39, 0.29) is 0 Å². The summed E-state index contributed by atoms with van der Waals surface area (Å²) in [7, 11) is 0.644. The first-order chi connectivity index (χ1) is 6.04. The van der Waals surface area contributed by atoms with Crippen molar-refractivity contribution in [2.75, 3.05) is 7.11 Å². The smallest absolute Gasteiger partial charge is 0.186 e. The first-order valence-corrected chi connectivity index (χ1v) is 8.00. The predicted molar refractivity (Wildman–Crippen MR) is 61.6 cm³/mol. The van der Waals surface area contributed by atoms with Crippen molar-refractivity contribution in [3.05, 3.63) is 12.3 Å². The zero-order chi connectivity index (χ0) is 10.7. The quantitative estimate of drug-likeness (QED) is 0.558. The summed E-state index contributed by atoms with van der Waals surface area (Å²) in [5.74, 6) is 0. The van der Waals surface area contributed by atoms with E-state index in [1.54, 1.807) is 6.08 Å². The fraction of sp³-hybridized carbons (Fsp3) is 0.800. The summed E-state index contributed by atoms with van der Waals surface area (Å²) in [6, 6.07) is 1.28. The highest BCUT2D eigenvalue weighted by Gasteiger charge is 2.17. The Balaban J connectivity index is 0. The third-order valence-electron chi connectivity index (χ3n) is 1.75. The van der Waals surface area contributed by atoms with Gasteiger partial charge in [-0.25, -0.2) is 0 Å². The molecule has 13 heavy (non-hydrogen) atoms. The highest BCUT2D eigenvalue weighted by molar-refractivity contribution is 6.71. The van der Waals surface area contributed by atoms with E-state index in [1.165, 1.54) is 12.5 Å². The summed E-state index contributed by atoms with van der Waals surface area (Å²) < 4.78 is 5.32. The second-order valence-electron chi connectivity index (χ2n) is 3.51. The number of hydrogen-bond acceptors (Lipinski definition) is 2. The summed E-state index contributed by atoms with van der Waals surface area (Å²) >= 11 is 0. The lowest BCUT2D eigenvalue weighted by Crippen LogP contribution is -2.27. The molecule has 0 radical (unpaired) electrons. The van der Waals surface area contributed by atoms with Gasteiger partial charge in [0.05, 0.1) is 6.26 Å². The Morgan fingerprint density at radius 1 is 1.31 bits per heavy atom. The van der Waals surface area contributed by atoms with E-state index in [1.807, 2.05) is 14.0 Å². The lowest BCUT2D eigenvalue weighted by molar-refractivity contribution is 0.403. The van der Waals surface area contributed by atoms with Crippen LogP contribution in [0.1, 0.15) is 26.7 Å². The maximum absolute atomic E-state index is 7.89. The van der Waals surface area contributed by atoms with Crippen molar-refractivity contribution in [1.82, 2.24) is 0 Å². The van der Waals surface area contributed by atoms with Gasteiger partial charge in [0.15, 0.2) is 8.32 Å². The Morgan fingerprint density at radius 2 is 1.85 bits per heavy atom. The van der Waals surface area contributed by atoms with Crippen LogP contribution in [0.15, 0.2) is 12.3 Å². The predicted octanol–water partition coefficient (Wildman–Crippen LogP) is 3.72. The molecule has 0 aliphatic carbocycles. The maximum Gasteiger partial charge on any atom is 0.186 e. The van der Waals surface area contributed by atoms with Crippen molar-refractivity contribution in [3.8, 4) is 0 Å². The molecule has 0 aliphatic rings. The zero-order valence-electron chi connectivity index (χ0n) is 9.63. The molecule has 0 spiro atoms. The molecular weight excluding hydrogens is 180 g/mol. The maximum atomic E-state index is 7.89. The van der Waals surface area contributed by atoms with Crippen LogP contribution in [0.4, 0.5) is 0 Å². The molecule has 0 rings (SSSR count). The van der Waals surface area contributed by atoms with Crippen LogP contribution in [-0.4, -0.2) is 20.5 Å². The lowest BCUT2D eigenvalue weighted by atomic mass is 10.5. The molecule has 0 saturated heterocycles. The third kappa shape index (κ3) is 14.6. The van der Waals surface area contributed by atoms with E-state index >= 15 is 0 Å².